The largest absolute Gasteiger partial charge is 0.366 e. The van der Waals surface area contributed by atoms with Gasteiger partial charge in [-0.25, -0.2) is 0 Å². The second-order valence-electron chi connectivity index (χ2n) is 3.36. The summed E-state index contributed by atoms with van der Waals surface area (Å²) in [4.78, 5) is 11.5. The highest BCUT2D eigenvalue weighted by Gasteiger charge is 2.21. The topological polar surface area (TPSA) is 50.4 Å². The average molecular weight is 255 g/mol. The molecule has 2 atom stereocenters. The number of amides is 1. The van der Waals surface area contributed by atoms with E-state index in [9.17, 15) is 4.79 Å². The molecule has 0 aromatic rings. The lowest BCUT2D eigenvalue weighted by molar-refractivity contribution is -0.134. The quantitative estimate of drug-likeness (QED) is 0.756. The molecule has 4 nitrogen and oxygen atoms in total. The van der Waals surface area contributed by atoms with Crippen LogP contribution < -0.4 is 10.6 Å². The van der Waals surface area contributed by atoms with Gasteiger partial charge in [-0.1, -0.05) is 6.92 Å². The molecule has 6 heteroatoms. The highest BCUT2D eigenvalue weighted by Crippen LogP contribution is 2.03. The molecule has 0 aliphatic carbocycles. The number of ether oxygens (including phenoxy) is 1. The van der Waals surface area contributed by atoms with Gasteiger partial charge in [-0.05, 0) is 6.26 Å². The van der Waals surface area contributed by atoms with Gasteiger partial charge in [0.25, 0.3) is 5.91 Å². The van der Waals surface area contributed by atoms with Gasteiger partial charge in [0.2, 0.25) is 0 Å². The minimum absolute atomic E-state index is 0. The van der Waals surface area contributed by atoms with Crippen molar-refractivity contribution in [2.45, 2.75) is 18.3 Å². The average Bonchev–Trinajstić information content (AvgIpc) is 2.26. The van der Waals surface area contributed by atoms with E-state index in [0.717, 1.165) is 6.54 Å². The van der Waals surface area contributed by atoms with E-state index in [1.807, 2.05) is 6.26 Å². The van der Waals surface area contributed by atoms with Crippen molar-refractivity contribution in [3.63, 3.8) is 0 Å². The molecule has 1 aliphatic rings. The molecule has 1 rings (SSSR count). The second kappa shape index (κ2) is 8.21. The summed E-state index contributed by atoms with van der Waals surface area (Å²) in [6, 6.07) is 0. The van der Waals surface area contributed by atoms with Crippen LogP contribution in [0, 0.1) is 0 Å². The molecule has 0 saturated carbocycles. The summed E-state index contributed by atoms with van der Waals surface area (Å²) in [5, 5.41) is 6.46. The van der Waals surface area contributed by atoms with E-state index < -0.39 is 0 Å². The Morgan fingerprint density at radius 3 is 3.00 bits per heavy atom. The predicted molar refractivity (Wildman–Crippen MR) is 65.8 cm³/mol. The third kappa shape index (κ3) is 5.61. The van der Waals surface area contributed by atoms with Crippen LogP contribution in [-0.4, -0.2) is 49.8 Å². The van der Waals surface area contributed by atoms with E-state index in [-0.39, 0.29) is 24.4 Å². The normalized spacial score (nSPS) is 22.7. The second-order valence-corrected chi connectivity index (χ2v) is 4.63. The summed E-state index contributed by atoms with van der Waals surface area (Å²) in [6.45, 7) is 4.88. The Hall–Kier alpha value is 0.0300. The van der Waals surface area contributed by atoms with Gasteiger partial charge in [-0.2, -0.15) is 11.8 Å². The molecule has 0 aromatic heterocycles. The number of rotatable bonds is 4. The molecular weight excluding hydrogens is 236 g/mol. The van der Waals surface area contributed by atoms with Gasteiger partial charge >= 0.3 is 0 Å². The van der Waals surface area contributed by atoms with Crippen molar-refractivity contribution in [2.24, 2.45) is 0 Å². The molecule has 1 saturated heterocycles. The van der Waals surface area contributed by atoms with E-state index in [1.54, 1.807) is 11.8 Å². The number of morpholine rings is 1. The number of carbonyl (C=O) groups excluding carboxylic acids is 1. The summed E-state index contributed by atoms with van der Waals surface area (Å²) in [7, 11) is 0. The zero-order valence-electron chi connectivity index (χ0n) is 9.12. The van der Waals surface area contributed by atoms with Crippen molar-refractivity contribution in [1.29, 1.82) is 0 Å². The van der Waals surface area contributed by atoms with Gasteiger partial charge in [0.15, 0.2) is 0 Å². The summed E-state index contributed by atoms with van der Waals surface area (Å²) < 4.78 is 5.32. The number of hydrogen-bond donors (Lipinski definition) is 2. The van der Waals surface area contributed by atoms with Gasteiger partial charge in [0.05, 0.1) is 6.61 Å². The maximum Gasteiger partial charge on any atom is 0.250 e. The van der Waals surface area contributed by atoms with E-state index in [4.69, 9.17) is 4.74 Å². The monoisotopic (exact) mass is 254 g/mol. The summed E-state index contributed by atoms with van der Waals surface area (Å²) in [5.41, 5.74) is 0. The van der Waals surface area contributed by atoms with Gasteiger partial charge in [0.1, 0.15) is 6.10 Å². The Morgan fingerprint density at radius 1 is 1.73 bits per heavy atom. The summed E-state index contributed by atoms with van der Waals surface area (Å²) >= 11 is 1.74. The molecule has 0 radical (unpaired) electrons. The van der Waals surface area contributed by atoms with Crippen LogP contribution in [0.3, 0.4) is 0 Å². The first-order valence-corrected chi connectivity index (χ1v) is 6.15. The number of thioether (sulfide) groups is 1. The van der Waals surface area contributed by atoms with Gasteiger partial charge < -0.3 is 15.4 Å². The van der Waals surface area contributed by atoms with Crippen LogP contribution in [-0.2, 0) is 9.53 Å². The maximum atomic E-state index is 11.5. The Balaban J connectivity index is 0.00000196. The molecule has 2 unspecified atom stereocenters. The minimum Gasteiger partial charge on any atom is -0.366 e. The first-order valence-electron chi connectivity index (χ1n) is 4.87. The van der Waals surface area contributed by atoms with Crippen LogP contribution in [0.5, 0.6) is 0 Å². The van der Waals surface area contributed by atoms with E-state index in [1.165, 1.54) is 0 Å². The lowest BCUT2D eigenvalue weighted by Gasteiger charge is -2.23. The fourth-order valence-corrected chi connectivity index (χ4v) is 1.43. The fraction of sp³-hybridized carbons (Fsp3) is 0.889. The number of carbonyl (C=O) groups is 1. The molecule has 0 bridgehead atoms. The predicted octanol–water partition coefficient (Wildman–Crippen LogP) is 0.264. The van der Waals surface area contributed by atoms with Crippen LogP contribution in [0.4, 0.5) is 0 Å². The molecule has 0 aromatic carbocycles. The molecule has 2 N–H and O–H groups in total. The van der Waals surface area contributed by atoms with Crippen molar-refractivity contribution in [3.8, 4) is 0 Å². The summed E-state index contributed by atoms with van der Waals surface area (Å²) in [6.07, 6.45) is 1.73. The van der Waals surface area contributed by atoms with Crippen LogP contribution >= 0.6 is 24.2 Å². The third-order valence-corrected chi connectivity index (χ3v) is 3.16. The standard InChI is InChI=1S/C9H18N2O2S.ClH/c1-7(14-2)5-11-9(12)8-6-10-3-4-13-8;/h7-8,10H,3-6H2,1-2H3,(H,11,12);1H. The smallest absolute Gasteiger partial charge is 0.250 e. The molecular formula is C9H19ClN2O2S. The van der Waals surface area contributed by atoms with Gasteiger partial charge in [-0.15, -0.1) is 12.4 Å². The van der Waals surface area contributed by atoms with Crippen molar-refractivity contribution >= 4 is 30.1 Å². The highest BCUT2D eigenvalue weighted by atomic mass is 35.5. The highest BCUT2D eigenvalue weighted by molar-refractivity contribution is 7.99. The molecule has 0 spiro atoms. The number of nitrogens with one attached hydrogen (secondary N) is 2. The molecule has 1 amide bonds. The van der Waals surface area contributed by atoms with Crippen molar-refractivity contribution in [1.82, 2.24) is 10.6 Å². The Morgan fingerprint density at radius 2 is 2.47 bits per heavy atom. The van der Waals surface area contributed by atoms with Gasteiger partial charge in [-0.3, -0.25) is 4.79 Å². The van der Waals surface area contributed by atoms with Crippen LogP contribution in [0.15, 0.2) is 0 Å². The van der Waals surface area contributed by atoms with E-state index in [2.05, 4.69) is 17.6 Å². The van der Waals surface area contributed by atoms with E-state index >= 15 is 0 Å². The third-order valence-electron chi connectivity index (χ3n) is 2.19. The number of hydrogen-bond acceptors (Lipinski definition) is 4. The van der Waals surface area contributed by atoms with Crippen LogP contribution in [0.1, 0.15) is 6.92 Å². The SMILES string of the molecule is CSC(C)CNC(=O)C1CNCCO1.Cl. The molecule has 1 heterocycles. The van der Waals surface area contributed by atoms with Gasteiger partial charge in [0, 0.05) is 24.9 Å². The maximum absolute atomic E-state index is 11.5. The molecule has 1 fully saturated rings. The summed E-state index contributed by atoms with van der Waals surface area (Å²) in [5.74, 6) is -0.00176. The minimum atomic E-state index is -0.308. The lowest BCUT2D eigenvalue weighted by Crippen LogP contribution is -2.48. The zero-order valence-corrected chi connectivity index (χ0v) is 10.7. The van der Waals surface area contributed by atoms with Crippen LogP contribution in [0.2, 0.25) is 0 Å². The van der Waals surface area contributed by atoms with Crippen LogP contribution in [0.25, 0.3) is 0 Å². The van der Waals surface area contributed by atoms with Crippen molar-refractivity contribution in [2.75, 3.05) is 32.5 Å². The molecule has 15 heavy (non-hydrogen) atoms. The Labute approximate surface area is 101 Å². The zero-order chi connectivity index (χ0) is 10.4. The Kier molecular flexibility index (Phi) is 8.23. The molecule has 90 valence electrons. The number of halogens is 1. The van der Waals surface area contributed by atoms with E-state index in [0.29, 0.717) is 24.9 Å². The van der Waals surface area contributed by atoms with Crippen molar-refractivity contribution in [3.05, 3.63) is 0 Å². The lowest BCUT2D eigenvalue weighted by atomic mass is 10.3. The first kappa shape index (κ1) is 15.0. The molecule has 1 aliphatic heterocycles. The first-order chi connectivity index (χ1) is 6.74. The fourth-order valence-electron chi connectivity index (χ4n) is 1.18. The van der Waals surface area contributed by atoms with Crippen molar-refractivity contribution < 1.29 is 9.53 Å². The Bertz CT molecular complexity index is 189.